The Kier molecular flexibility index (Phi) is 6.83. The van der Waals surface area contributed by atoms with Gasteiger partial charge < -0.3 is 20.5 Å². The van der Waals surface area contributed by atoms with Gasteiger partial charge in [0.25, 0.3) is 0 Å². The van der Waals surface area contributed by atoms with E-state index in [0.717, 1.165) is 25.3 Å². The van der Waals surface area contributed by atoms with Crippen LogP contribution in [-0.2, 0) is 6.54 Å². The van der Waals surface area contributed by atoms with Gasteiger partial charge in [0.2, 0.25) is 0 Å². The minimum Gasteiger partial charge on any atom is -0.395 e. The van der Waals surface area contributed by atoms with Gasteiger partial charge >= 0.3 is 0 Å². The number of nitrogens with one attached hydrogen (secondary N) is 2. The molecule has 1 rings (SSSR count). The Morgan fingerprint density at radius 2 is 1.94 bits per heavy atom. The summed E-state index contributed by atoms with van der Waals surface area (Å²) in [4.78, 5) is 5.15. The Hall–Kier alpha value is -0.880. The SMILES string of the molecule is OCCN(CCO)CCNCc1ccc[nH]1. The van der Waals surface area contributed by atoms with Crippen LogP contribution < -0.4 is 5.32 Å². The molecule has 0 amide bonds. The molecule has 5 heteroatoms. The van der Waals surface area contributed by atoms with Crippen LogP contribution in [0.25, 0.3) is 0 Å². The number of aliphatic hydroxyl groups is 2. The third-order valence-electron chi connectivity index (χ3n) is 2.42. The lowest BCUT2D eigenvalue weighted by molar-refractivity contribution is 0.161. The molecule has 1 aromatic heterocycles. The molecule has 0 saturated carbocycles. The van der Waals surface area contributed by atoms with Gasteiger partial charge in [0, 0.05) is 44.6 Å². The molecule has 1 heterocycles. The van der Waals surface area contributed by atoms with Gasteiger partial charge in [-0.15, -0.1) is 0 Å². The Bertz CT molecular complexity index is 246. The first-order valence-electron chi connectivity index (χ1n) is 5.64. The maximum Gasteiger partial charge on any atom is 0.0558 e. The smallest absolute Gasteiger partial charge is 0.0558 e. The van der Waals surface area contributed by atoms with Gasteiger partial charge in [0.1, 0.15) is 0 Å². The van der Waals surface area contributed by atoms with Crippen molar-refractivity contribution in [1.82, 2.24) is 15.2 Å². The third kappa shape index (κ3) is 5.27. The van der Waals surface area contributed by atoms with E-state index in [4.69, 9.17) is 10.2 Å². The number of H-pyrrole nitrogens is 1. The van der Waals surface area contributed by atoms with Gasteiger partial charge in [0.05, 0.1) is 13.2 Å². The predicted molar refractivity (Wildman–Crippen MR) is 63.1 cm³/mol. The monoisotopic (exact) mass is 227 g/mol. The summed E-state index contributed by atoms with van der Waals surface area (Å²) in [5.41, 5.74) is 1.16. The summed E-state index contributed by atoms with van der Waals surface area (Å²) < 4.78 is 0. The number of hydrogen-bond donors (Lipinski definition) is 4. The summed E-state index contributed by atoms with van der Waals surface area (Å²) >= 11 is 0. The van der Waals surface area contributed by atoms with E-state index in [1.807, 2.05) is 23.2 Å². The largest absolute Gasteiger partial charge is 0.395 e. The molecular formula is C11H21N3O2. The van der Waals surface area contributed by atoms with Gasteiger partial charge in [-0.1, -0.05) is 0 Å². The zero-order valence-electron chi connectivity index (χ0n) is 9.52. The molecule has 0 aliphatic heterocycles. The van der Waals surface area contributed by atoms with E-state index in [1.165, 1.54) is 0 Å². The summed E-state index contributed by atoms with van der Waals surface area (Å²) in [6.45, 7) is 4.00. The molecule has 0 aromatic carbocycles. The zero-order valence-corrected chi connectivity index (χ0v) is 9.52. The minimum absolute atomic E-state index is 0.136. The molecule has 0 bridgehead atoms. The molecule has 0 saturated heterocycles. The van der Waals surface area contributed by atoms with E-state index in [1.54, 1.807) is 0 Å². The summed E-state index contributed by atoms with van der Waals surface area (Å²) in [6, 6.07) is 4.01. The van der Waals surface area contributed by atoms with Crippen LogP contribution in [0, 0.1) is 0 Å². The van der Waals surface area contributed by atoms with E-state index in [-0.39, 0.29) is 13.2 Å². The van der Waals surface area contributed by atoms with Crippen molar-refractivity contribution in [3.8, 4) is 0 Å². The Morgan fingerprint density at radius 1 is 1.19 bits per heavy atom. The maximum atomic E-state index is 8.82. The van der Waals surface area contributed by atoms with Crippen LogP contribution >= 0.6 is 0 Å². The molecule has 1 aromatic rings. The number of aliphatic hydroxyl groups excluding tert-OH is 2. The van der Waals surface area contributed by atoms with Crippen LogP contribution in [0.5, 0.6) is 0 Å². The van der Waals surface area contributed by atoms with Crippen molar-refractivity contribution in [1.29, 1.82) is 0 Å². The van der Waals surface area contributed by atoms with Crippen molar-refractivity contribution in [3.05, 3.63) is 24.0 Å². The second-order valence-electron chi connectivity index (χ2n) is 3.66. The van der Waals surface area contributed by atoms with Crippen LogP contribution in [-0.4, -0.2) is 59.5 Å². The zero-order chi connectivity index (χ0) is 11.6. The van der Waals surface area contributed by atoms with E-state index >= 15 is 0 Å². The van der Waals surface area contributed by atoms with Crippen molar-refractivity contribution in [2.24, 2.45) is 0 Å². The van der Waals surface area contributed by atoms with Crippen LogP contribution in [0.15, 0.2) is 18.3 Å². The van der Waals surface area contributed by atoms with Crippen LogP contribution in [0.1, 0.15) is 5.69 Å². The van der Waals surface area contributed by atoms with Gasteiger partial charge in [-0.25, -0.2) is 0 Å². The summed E-state index contributed by atoms with van der Waals surface area (Å²) in [6.07, 6.45) is 1.90. The van der Waals surface area contributed by atoms with Crippen molar-refractivity contribution < 1.29 is 10.2 Å². The Balaban J connectivity index is 2.08. The molecular weight excluding hydrogens is 206 g/mol. The molecule has 4 N–H and O–H groups in total. The van der Waals surface area contributed by atoms with E-state index in [9.17, 15) is 0 Å². The fourth-order valence-corrected chi connectivity index (χ4v) is 1.56. The number of aromatic amines is 1. The van der Waals surface area contributed by atoms with Crippen LogP contribution in [0.3, 0.4) is 0 Å². The van der Waals surface area contributed by atoms with Gasteiger partial charge in [0.15, 0.2) is 0 Å². The maximum absolute atomic E-state index is 8.82. The number of nitrogens with zero attached hydrogens (tertiary/aromatic N) is 1. The van der Waals surface area contributed by atoms with Crippen molar-refractivity contribution in [3.63, 3.8) is 0 Å². The Morgan fingerprint density at radius 3 is 2.50 bits per heavy atom. The summed E-state index contributed by atoms with van der Waals surface area (Å²) in [7, 11) is 0. The summed E-state index contributed by atoms with van der Waals surface area (Å²) in [5.74, 6) is 0. The van der Waals surface area contributed by atoms with E-state index in [0.29, 0.717) is 13.1 Å². The number of aromatic nitrogens is 1. The van der Waals surface area contributed by atoms with Crippen molar-refractivity contribution in [2.45, 2.75) is 6.54 Å². The molecule has 0 radical (unpaired) electrons. The van der Waals surface area contributed by atoms with Gasteiger partial charge in [-0.3, -0.25) is 4.90 Å². The highest BCUT2D eigenvalue weighted by Gasteiger charge is 2.02. The Labute approximate surface area is 96.1 Å². The minimum atomic E-state index is 0.136. The van der Waals surface area contributed by atoms with Crippen molar-refractivity contribution >= 4 is 0 Å². The lowest BCUT2D eigenvalue weighted by Gasteiger charge is -2.19. The second kappa shape index (κ2) is 8.29. The molecule has 0 atom stereocenters. The van der Waals surface area contributed by atoms with Crippen LogP contribution in [0.2, 0.25) is 0 Å². The lowest BCUT2D eigenvalue weighted by atomic mass is 10.4. The first-order valence-corrected chi connectivity index (χ1v) is 5.64. The molecule has 16 heavy (non-hydrogen) atoms. The highest BCUT2D eigenvalue weighted by molar-refractivity contribution is 5.02. The predicted octanol–water partition coefficient (Wildman–Crippen LogP) is -0.609. The number of rotatable bonds is 9. The third-order valence-corrected chi connectivity index (χ3v) is 2.42. The molecule has 0 fully saturated rings. The molecule has 0 unspecified atom stereocenters. The molecule has 0 spiro atoms. The topological polar surface area (TPSA) is 71.5 Å². The highest BCUT2D eigenvalue weighted by Crippen LogP contribution is 1.92. The summed E-state index contributed by atoms with van der Waals surface area (Å²) in [5, 5.41) is 20.9. The second-order valence-corrected chi connectivity index (χ2v) is 3.66. The fraction of sp³-hybridized carbons (Fsp3) is 0.636. The first-order chi connectivity index (χ1) is 7.86. The van der Waals surface area contributed by atoms with Gasteiger partial charge in [-0.05, 0) is 12.1 Å². The normalized spacial score (nSPS) is 11.2. The molecule has 5 nitrogen and oxygen atoms in total. The molecule has 0 aliphatic rings. The van der Waals surface area contributed by atoms with E-state index < -0.39 is 0 Å². The molecule has 0 aliphatic carbocycles. The standard InChI is InChI=1S/C11H21N3O2/c15-8-6-14(7-9-16)5-4-12-10-11-2-1-3-13-11/h1-3,12-13,15-16H,4-10H2. The van der Waals surface area contributed by atoms with Crippen LogP contribution in [0.4, 0.5) is 0 Å². The highest BCUT2D eigenvalue weighted by atomic mass is 16.3. The molecule has 92 valence electrons. The number of hydrogen-bond acceptors (Lipinski definition) is 4. The fourth-order valence-electron chi connectivity index (χ4n) is 1.56. The lowest BCUT2D eigenvalue weighted by Crippen LogP contribution is -2.35. The van der Waals surface area contributed by atoms with E-state index in [2.05, 4.69) is 10.3 Å². The van der Waals surface area contributed by atoms with Crippen molar-refractivity contribution in [2.75, 3.05) is 39.4 Å². The quantitative estimate of drug-likeness (QED) is 0.425. The van der Waals surface area contributed by atoms with Gasteiger partial charge in [-0.2, -0.15) is 0 Å². The average molecular weight is 227 g/mol. The first kappa shape index (κ1) is 13.2. The average Bonchev–Trinajstić information content (AvgIpc) is 2.78.